The average Bonchev–Trinajstić information content (AvgIpc) is 3.82. The van der Waals surface area contributed by atoms with Crippen molar-refractivity contribution in [3.8, 4) is 11.3 Å². The van der Waals surface area contributed by atoms with Gasteiger partial charge in [0.15, 0.2) is 5.82 Å². The van der Waals surface area contributed by atoms with Crippen LogP contribution in [-0.2, 0) is 11.4 Å². The van der Waals surface area contributed by atoms with Crippen LogP contribution in [0, 0.1) is 12.8 Å². The molecular formula is C32H27N5O2. The minimum atomic E-state index is -0.130. The van der Waals surface area contributed by atoms with Gasteiger partial charge in [0, 0.05) is 40.4 Å². The Hall–Kier alpha value is -4.75. The lowest BCUT2D eigenvalue weighted by Gasteiger charge is -2.13. The van der Waals surface area contributed by atoms with E-state index in [2.05, 4.69) is 15.3 Å². The molecule has 0 atom stereocenters. The molecule has 3 aromatic heterocycles. The van der Waals surface area contributed by atoms with Crippen molar-refractivity contribution in [3.63, 3.8) is 0 Å². The molecular weight excluding hydrogens is 486 g/mol. The molecule has 0 radical (unpaired) electrons. The van der Waals surface area contributed by atoms with Crippen molar-refractivity contribution in [2.24, 2.45) is 10.9 Å². The number of benzene rings is 2. The van der Waals surface area contributed by atoms with Crippen LogP contribution in [0.3, 0.4) is 0 Å². The molecule has 5 aromatic rings. The normalized spacial score (nSPS) is 12.8. The zero-order valence-electron chi connectivity index (χ0n) is 21.5. The summed E-state index contributed by atoms with van der Waals surface area (Å²) in [4.78, 5) is 31.4. The monoisotopic (exact) mass is 513 g/mol. The number of aromatic nitrogens is 3. The second kappa shape index (κ2) is 10.6. The van der Waals surface area contributed by atoms with Gasteiger partial charge < -0.3 is 10.4 Å². The molecule has 7 heteroatoms. The number of fused-ring (bicyclic) bond motifs is 1. The summed E-state index contributed by atoms with van der Waals surface area (Å²) in [6.07, 6.45) is 5.30. The van der Waals surface area contributed by atoms with Crippen LogP contribution in [-0.4, -0.2) is 31.7 Å². The van der Waals surface area contributed by atoms with E-state index in [-0.39, 0.29) is 18.4 Å². The van der Waals surface area contributed by atoms with Gasteiger partial charge in [-0.2, -0.15) is 0 Å². The summed E-state index contributed by atoms with van der Waals surface area (Å²) in [5.41, 5.74) is 5.80. The molecule has 2 aromatic carbocycles. The third-order valence-corrected chi connectivity index (χ3v) is 6.81. The first-order chi connectivity index (χ1) is 19.1. The molecule has 1 aliphatic carbocycles. The van der Waals surface area contributed by atoms with Gasteiger partial charge in [-0.1, -0.05) is 60.7 Å². The number of carbonyl (C=O) groups is 1. The van der Waals surface area contributed by atoms with E-state index in [0.717, 1.165) is 51.6 Å². The molecule has 2 N–H and O–H groups in total. The highest BCUT2D eigenvalue weighted by Crippen LogP contribution is 2.34. The predicted octanol–water partition coefficient (Wildman–Crippen LogP) is 6.01. The van der Waals surface area contributed by atoms with Gasteiger partial charge >= 0.3 is 0 Å². The van der Waals surface area contributed by atoms with E-state index in [1.807, 2.05) is 85.8 Å². The molecule has 1 amide bonds. The second-order valence-electron chi connectivity index (χ2n) is 9.73. The number of nitrogens with one attached hydrogen (secondary N) is 1. The molecule has 0 bridgehead atoms. The maximum Gasteiger partial charge on any atom is 0.228 e. The Balaban J connectivity index is 1.55. The quantitative estimate of drug-likeness (QED) is 0.260. The second-order valence-corrected chi connectivity index (χ2v) is 9.73. The standard InChI is InChI=1S/C32H27N5O2/c1-20-14-25(19-38)33-17-26(20)28-15-24-16-29(36-32(39)23-12-13-23)34-18-27(24)31(35-28)37-30(21-8-4-2-5-9-21)22-10-6-3-7-11-22/h2-11,14-18,23,38H,12-13,19H2,1H3,(H,34,36,39). The Kier molecular flexibility index (Phi) is 6.65. The van der Waals surface area contributed by atoms with Gasteiger partial charge in [0.1, 0.15) is 5.82 Å². The maximum absolute atomic E-state index is 12.4. The topological polar surface area (TPSA) is 100 Å². The lowest BCUT2D eigenvalue weighted by molar-refractivity contribution is -0.117. The fraction of sp³-hybridized carbons (Fsp3) is 0.156. The lowest BCUT2D eigenvalue weighted by Crippen LogP contribution is -2.14. The number of rotatable bonds is 7. The minimum absolute atomic E-state index is 0.00412. The van der Waals surface area contributed by atoms with Crippen molar-refractivity contribution in [1.82, 2.24) is 15.0 Å². The van der Waals surface area contributed by atoms with E-state index in [1.165, 1.54) is 0 Å². The number of aliphatic hydroxyl groups is 1. The number of nitrogens with zero attached hydrogens (tertiary/aromatic N) is 4. The molecule has 1 aliphatic rings. The van der Waals surface area contributed by atoms with E-state index in [9.17, 15) is 9.90 Å². The van der Waals surface area contributed by atoms with Crippen LogP contribution >= 0.6 is 0 Å². The molecule has 1 saturated carbocycles. The van der Waals surface area contributed by atoms with Crippen LogP contribution in [0.1, 0.15) is 35.2 Å². The number of aliphatic hydroxyl groups excluding tert-OH is 1. The molecule has 0 saturated heterocycles. The summed E-state index contributed by atoms with van der Waals surface area (Å²) in [5.74, 6) is 1.10. The van der Waals surface area contributed by atoms with Crippen molar-refractivity contribution >= 4 is 34.0 Å². The van der Waals surface area contributed by atoms with Crippen molar-refractivity contribution in [2.75, 3.05) is 5.32 Å². The van der Waals surface area contributed by atoms with Crippen molar-refractivity contribution in [1.29, 1.82) is 0 Å². The Morgan fingerprint density at radius 3 is 2.26 bits per heavy atom. The van der Waals surface area contributed by atoms with Gasteiger partial charge in [-0.15, -0.1) is 0 Å². The molecule has 39 heavy (non-hydrogen) atoms. The third kappa shape index (κ3) is 5.30. The minimum Gasteiger partial charge on any atom is -0.390 e. The zero-order valence-corrected chi connectivity index (χ0v) is 21.5. The molecule has 3 heterocycles. The molecule has 6 rings (SSSR count). The summed E-state index contributed by atoms with van der Waals surface area (Å²) in [6, 6.07) is 25.7. The summed E-state index contributed by atoms with van der Waals surface area (Å²) in [6.45, 7) is 1.84. The molecule has 192 valence electrons. The Morgan fingerprint density at radius 2 is 1.64 bits per heavy atom. The van der Waals surface area contributed by atoms with E-state index >= 15 is 0 Å². The summed E-state index contributed by atoms with van der Waals surface area (Å²) >= 11 is 0. The summed E-state index contributed by atoms with van der Waals surface area (Å²) in [5, 5.41) is 14.1. The highest BCUT2D eigenvalue weighted by Gasteiger charge is 2.29. The van der Waals surface area contributed by atoms with Crippen LogP contribution in [0.4, 0.5) is 11.6 Å². The SMILES string of the molecule is Cc1cc(CO)ncc1-c1cc2cc(NC(=O)C3CC3)ncc2c(N=C(c2ccccc2)c2ccccc2)n1. The fourth-order valence-corrected chi connectivity index (χ4v) is 4.56. The number of hydrogen-bond donors (Lipinski definition) is 2. The Bertz CT molecular complexity index is 1660. The predicted molar refractivity (Wildman–Crippen MR) is 153 cm³/mol. The van der Waals surface area contributed by atoms with Gasteiger partial charge in [0.05, 0.1) is 23.7 Å². The first kappa shape index (κ1) is 24.6. The molecule has 0 unspecified atom stereocenters. The van der Waals surface area contributed by atoms with E-state index in [0.29, 0.717) is 23.0 Å². The molecule has 7 nitrogen and oxygen atoms in total. The first-order valence-electron chi connectivity index (χ1n) is 13.0. The third-order valence-electron chi connectivity index (χ3n) is 6.81. The number of hydrogen-bond acceptors (Lipinski definition) is 6. The van der Waals surface area contributed by atoms with Crippen molar-refractivity contribution in [2.45, 2.75) is 26.4 Å². The van der Waals surface area contributed by atoms with Gasteiger partial charge in [-0.05, 0) is 48.9 Å². The summed E-state index contributed by atoms with van der Waals surface area (Å²) in [7, 11) is 0. The number of amides is 1. The zero-order chi connectivity index (χ0) is 26.8. The Labute approximate surface area is 226 Å². The highest BCUT2D eigenvalue weighted by atomic mass is 16.3. The number of carbonyl (C=O) groups excluding carboxylic acids is 1. The van der Waals surface area contributed by atoms with Gasteiger partial charge in [0.2, 0.25) is 5.91 Å². The van der Waals surface area contributed by atoms with Crippen LogP contribution in [0.25, 0.3) is 22.0 Å². The summed E-state index contributed by atoms with van der Waals surface area (Å²) < 4.78 is 0. The van der Waals surface area contributed by atoms with Crippen LogP contribution in [0.2, 0.25) is 0 Å². The van der Waals surface area contributed by atoms with E-state index < -0.39 is 0 Å². The molecule has 1 fully saturated rings. The van der Waals surface area contributed by atoms with Crippen molar-refractivity contribution < 1.29 is 9.90 Å². The van der Waals surface area contributed by atoms with Crippen molar-refractivity contribution in [3.05, 3.63) is 114 Å². The highest BCUT2D eigenvalue weighted by molar-refractivity contribution is 6.15. The van der Waals surface area contributed by atoms with Crippen LogP contribution < -0.4 is 5.32 Å². The van der Waals surface area contributed by atoms with Crippen LogP contribution in [0.5, 0.6) is 0 Å². The fourth-order valence-electron chi connectivity index (χ4n) is 4.56. The van der Waals surface area contributed by atoms with E-state index in [4.69, 9.17) is 9.98 Å². The van der Waals surface area contributed by atoms with Gasteiger partial charge in [-0.25, -0.2) is 15.0 Å². The number of pyridine rings is 3. The van der Waals surface area contributed by atoms with Gasteiger partial charge in [-0.3, -0.25) is 9.78 Å². The molecule has 0 spiro atoms. The van der Waals surface area contributed by atoms with E-state index in [1.54, 1.807) is 12.4 Å². The first-order valence-corrected chi connectivity index (χ1v) is 13.0. The smallest absolute Gasteiger partial charge is 0.228 e. The van der Waals surface area contributed by atoms with Gasteiger partial charge in [0.25, 0.3) is 0 Å². The average molecular weight is 514 g/mol. The lowest BCUT2D eigenvalue weighted by atomic mass is 10.0. The number of aliphatic imine (C=N–C) groups is 1. The van der Waals surface area contributed by atoms with Crippen LogP contribution in [0.15, 0.2) is 96.2 Å². The molecule has 0 aliphatic heterocycles. The Morgan fingerprint density at radius 1 is 0.949 bits per heavy atom. The maximum atomic E-state index is 12.4. The number of aryl methyl sites for hydroxylation is 1. The largest absolute Gasteiger partial charge is 0.390 e. The number of anilines is 1.